The van der Waals surface area contributed by atoms with Crippen molar-refractivity contribution >= 4 is 29.6 Å². The molecule has 6 rings (SSSR count). The minimum atomic E-state index is -2.56. The van der Waals surface area contributed by atoms with Gasteiger partial charge in [0.1, 0.15) is 12.1 Å². The predicted octanol–water partition coefficient (Wildman–Crippen LogP) is -4.40. The van der Waals surface area contributed by atoms with Gasteiger partial charge in [-0.3, -0.25) is 41.1 Å². The number of hydrogen-bond acceptors (Lipinski definition) is 9. The summed E-state index contributed by atoms with van der Waals surface area (Å²) in [6.45, 7) is 4.16. The fourth-order valence-electron chi connectivity index (χ4n) is 7.30. The van der Waals surface area contributed by atoms with E-state index in [0.717, 1.165) is 35.3 Å². The van der Waals surface area contributed by atoms with Gasteiger partial charge in [0.05, 0.1) is 13.1 Å². The number of fused-ring (bicyclic) bond motifs is 1. The van der Waals surface area contributed by atoms with Crippen LogP contribution in [0.3, 0.4) is 0 Å². The standard InChI is InChI=1S/C26H34N8O5/c1-24(2)10-4-6-13-5-3-7-14(19(13)24)21(37)30-16-12-34-23(28)29-15(11-33-17(35)8-9-18(33)36)20-25(34,26(16,38)39)32-22(27)31-20/h3,5,7,15-16,20,38-39H,4,6,8-12H2,1-2H3,(H6,27,28,29,30,31,32,37)/p+2/t15-,16?,20-,25-/m0/s1. The summed E-state index contributed by atoms with van der Waals surface area (Å²) in [4.78, 5) is 42.5. The molecule has 13 heteroatoms. The van der Waals surface area contributed by atoms with E-state index in [9.17, 15) is 24.6 Å². The lowest BCUT2D eigenvalue weighted by Crippen LogP contribution is -2.92. The van der Waals surface area contributed by atoms with Crippen LogP contribution < -0.4 is 32.4 Å². The molecule has 4 aliphatic heterocycles. The maximum atomic E-state index is 13.7. The molecule has 2 fully saturated rings. The number of aryl methyl sites for hydroxylation is 1. The molecule has 0 aromatic heterocycles. The molecule has 208 valence electrons. The number of hydrogen-bond donors (Lipinski definition) is 8. The van der Waals surface area contributed by atoms with Crippen LogP contribution in [0.4, 0.5) is 0 Å². The molecule has 13 nitrogen and oxygen atoms in total. The third-order valence-corrected chi connectivity index (χ3v) is 9.11. The molecule has 5 aliphatic rings. The molecule has 4 atom stereocenters. The van der Waals surface area contributed by atoms with E-state index in [1.54, 1.807) is 6.07 Å². The molecule has 39 heavy (non-hydrogen) atoms. The SMILES string of the molecule is CC1(C)CCCc2cccc(C(=O)NC3C[N+]4=C(N)N[C@@H](CN5C(=O)CCC5=O)[C@@H]5[NH+]=C(N)N[C@@]54C3(O)O)c21. The summed E-state index contributed by atoms with van der Waals surface area (Å²) in [6.07, 6.45) is 3.13. The summed E-state index contributed by atoms with van der Waals surface area (Å²) in [5.74, 6) is -3.40. The molecule has 1 spiro atoms. The zero-order valence-corrected chi connectivity index (χ0v) is 22.1. The van der Waals surface area contributed by atoms with Crippen molar-refractivity contribution < 1.29 is 34.2 Å². The summed E-state index contributed by atoms with van der Waals surface area (Å²) in [5.41, 5.74) is 13.2. The first kappa shape index (κ1) is 25.6. The van der Waals surface area contributed by atoms with Crippen LogP contribution in [0, 0.1) is 0 Å². The fraction of sp³-hybridized carbons (Fsp3) is 0.577. The molecule has 4 heterocycles. The number of imide groups is 1. The Morgan fingerprint density at radius 2 is 1.92 bits per heavy atom. The third kappa shape index (κ3) is 3.55. The molecular weight excluding hydrogens is 504 g/mol. The number of carbonyl (C=O) groups is 3. The van der Waals surface area contributed by atoms with Crippen molar-refractivity contribution in [3.05, 3.63) is 34.9 Å². The largest absolute Gasteiger partial charge is 0.358 e. The smallest absolute Gasteiger partial charge is 0.347 e. The molecule has 1 aliphatic carbocycles. The maximum absolute atomic E-state index is 13.7. The maximum Gasteiger partial charge on any atom is 0.347 e. The Morgan fingerprint density at radius 3 is 2.64 bits per heavy atom. The van der Waals surface area contributed by atoms with Gasteiger partial charge in [-0.2, -0.15) is 0 Å². The van der Waals surface area contributed by atoms with Crippen molar-refractivity contribution in [2.24, 2.45) is 11.5 Å². The first-order valence-corrected chi connectivity index (χ1v) is 13.4. The first-order valence-electron chi connectivity index (χ1n) is 13.4. The average Bonchev–Trinajstić information content (AvgIpc) is 3.46. The van der Waals surface area contributed by atoms with E-state index in [-0.39, 0.29) is 55.1 Å². The van der Waals surface area contributed by atoms with Gasteiger partial charge in [0.15, 0.2) is 6.04 Å². The van der Waals surface area contributed by atoms with Crippen molar-refractivity contribution in [2.45, 2.75) is 80.9 Å². The Labute approximate surface area is 225 Å². The highest BCUT2D eigenvalue weighted by Crippen LogP contribution is 2.40. The van der Waals surface area contributed by atoms with E-state index in [4.69, 9.17) is 11.5 Å². The Hall–Kier alpha value is -3.71. The van der Waals surface area contributed by atoms with Gasteiger partial charge in [0, 0.05) is 18.4 Å². The summed E-state index contributed by atoms with van der Waals surface area (Å²) >= 11 is 0. The second kappa shape index (κ2) is 8.39. The number of nitrogens with one attached hydrogen (secondary N) is 4. The van der Waals surface area contributed by atoms with E-state index in [0.29, 0.717) is 5.56 Å². The molecule has 2 saturated heterocycles. The molecule has 1 aromatic rings. The molecule has 3 amide bonds. The van der Waals surface area contributed by atoms with Crippen molar-refractivity contribution in [1.29, 1.82) is 0 Å². The lowest BCUT2D eigenvalue weighted by Gasteiger charge is -2.41. The molecule has 0 saturated carbocycles. The van der Waals surface area contributed by atoms with Crippen LogP contribution in [0.1, 0.15) is 61.0 Å². The third-order valence-electron chi connectivity index (χ3n) is 9.11. The predicted molar refractivity (Wildman–Crippen MR) is 138 cm³/mol. The second-order valence-electron chi connectivity index (χ2n) is 11.9. The van der Waals surface area contributed by atoms with Gasteiger partial charge in [-0.25, -0.2) is 9.89 Å². The summed E-state index contributed by atoms with van der Waals surface area (Å²) < 4.78 is 1.53. The van der Waals surface area contributed by atoms with Crippen LogP contribution in [0.25, 0.3) is 0 Å². The quantitative estimate of drug-likeness (QED) is 0.105. The van der Waals surface area contributed by atoms with Crippen LogP contribution in [0.15, 0.2) is 18.2 Å². The highest BCUT2D eigenvalue weighted by molar-refractivity contribution is 6.02. The van der Waals surface area contributed by atoms with Crippen molar-refractivity contribution in [2.75, 3.05) is 13.1 Å². The Bertz CT molecular complexity index is 1340. The van der Waals surface area contributed by atoms with Crippen LogP contribution >= 0.6 is 0 Å². The molecular formula is C26H36N8O5+2. The lowest BCUT2D eigenvalue weighted by atomic mass is 9.70. The lowest BCUT2D eigenvalue weighted by molar-refractivity contribution is -0.674. The average molecular weight is 541 g/mol. The van der Waals surface area contributed by atoms with E-state index >= 15 is 0 Å². The van der Waals surface area contributed by atoms with Gasteiger partial charge in [-0.1, -0.05) is 26.0 Å². The van der Waals surface area contributed by atoms with Crippen LogP contribution in [0.5, 0.6) is 0 Å². The normalized spacial score (nSPS) is 32.2. The number of nitrogens with two attached hydrogens (primary N) is 2. The first-order chi connectivity index (χ1) is 18.4. The van der Waals surface area contributed by atoms with Gasteiger partial charge in [0.25, 0.3) is 17.4 Å². The van der Waals surface area contributed by atoms with Crippen LogP contribution in [0.2, 0.25) is 0 Å². The fourth-order valence-corrected chi connectivity index (χ4v) is 7.30. The molecule has 0 radical (unpaired) electrons. The number of nitrogens with zero attached hydrogens (tertiary/aromatic N) is 2. The van der Waals surface area contributed by atoms with Gasteiger partial charge in [0.2, 0.25) is 11.8 Å². The number of likely N-dealkylation sites (tertiary alicyclic amines) is 1. The van der Waals surface area contributed by atoms with Gasteiger partial charge >= 0.3 is 11.9 Å². The number of rotatable bonds is 4. The number of guanidine groups is 2. The Balaban J connectivity index is 1.33. The minimum absolute atomic E-state index is 0.0389. The molecule has 1 unspecified atom stereocenters. The number of amides is 3. The Morgan fingerprint density at radius 1 is 1.21 bits per heavy atom. The summed E-state index contributed by atoms with van der Waals surface area (Å²) in [7, 11) is 0. The second-order valence-corrected chi connectivity index (χ2v) is 11.9. The minimum Gasteiger partial charge on any atom is -0.358 e. The van der Waals surface area contributed by atoms with Crippen LogP contribution in [-0.4, -0.2) is 92.0 Å². The van der Waals surface area contributed by atoms with Gasteiger partial charge < -0.3 is 15.5 Å². The van der Waals surface area contributed by atoms with Crippen LogP contribution in [-0.2, 0) is 21.4 Å². The number of aliphatic hydroxyl groups is 2. The van der Waals surface area contributed by atoms with Gasteiger partial charge in [-0.05, 0) is 41.9 Å². The Kier molecular flexibility index (Phi) is 5.50. The van der Waals surface area contributed by atoms with E-state index in [1.807, 2.05) is 12.1 Å². The van der Waals surface area contributed by atoms with Crippen molar-refractivity contribution in [3.63, 3.8) is 0 Å². The number of benzene rings is 1. The van der Waals surface area contributed by atoms with Gasteiger partial charge in [-0.15, -0.1) is 0 Å². The monoisotopic (exact) mass is 540 g/mol. The zero-order chi connectivity index (χ0) is 27.9. The van der Waals surface area contributed by atoms with Crippen molar-refractivity contribution in [1.82, 2.24) is 20.9 Å². The van der Waals surface area contributed by atoms with E-state index in [2.05, 4.69) is 34.8 Å². The van der Waals surface area contributed by atoms with E-state index in [1.165, 1.54) is 4.58 Å². The highest BCUT2D eigenvalue weighted by atomic mass is 16.5. The summed E-state index contributed by atoms with van der Waals surface area (Å²) in [6, 6.07) is 2.97. The van der Waals surface area contributed by atoms with Crippen molar-refractivity contribution in [3.8, 4) is 0 Å². The molecule has 10 N–H and O–H groups in total. The molecule has 1 aromatic carbocycles. The zero-order valence-electron chi connectivity index (χ0n) is 22.1. The molecule has 0 bridgehead atoms. The number of carbonyl (C=O) groups excluding carboxylic acids is 3. The highest BCUT2D eigenvalue weighted by Gasteiger charge is 2.78. The summed E-state index contributed by atoms with van der Waals surface area (Å²) in [5, 5.41) is 32.4. The van der Waals surface area contributed by atoms with E-state index < -0.39 is 35.5 Å². The topological polar surface area (TPSA) is 200 Å².